The van der Waals surface area contributed by atoms with Gasteiger partial charge in [0.25, 0.3) is 5.91 Å². The van der Waals surface area contributed by atoms with Crippen LogP contribution in [0.25, 0.3) is 0 Å². The quantitative estimate of drug-likeness (QED) is 0.113. The first-order valence-corrected chi connectivity index (χ1v) is 20.3. The van der Waals surface area contributed by atoms with Crippen molar-refractivity contribution in [1.82, 2.24) is 14.5 Å². The van der Waals surface area contributed by atoms with Gasteiger partial charge in [0.05, 0.1) is 31.2 Å². The Morgan fingerprint density at radius 3 is 2.35 bits per heavy atom. The van der Waals surface area contributed by atoms with E-state index in [0.29, 0.717) is 43.2 Å². The molecule has 55 heavy (non-hydrogen) atoms. The van der Waals surface area contributed by atoms with Gasteiger partial charge in [-0.2, -0.15) is 13.2 Å². The Balaban J connectivity index is 1.41. The maximum absolute atomic E-state index is 17.5. The van der Waals surface area contributed by atoms with Crippen LogP contribution in [0.1, 0.15) is 77.0 Å². The number of esters is 1. The number of rotatable bonds is 12. The van der Waals surface area contributed by atoms with Crippen molar-refractivity contribution in [2.75, 3.05) is 49.6 Å². The van der Waals surface area contributed by atoms with Gasteiger partial charge in [-0.15, -0.1) is 0 Å². The van der Waals surface area contributed by atoms with E-state index in [9.17, 15) is 27.2 Å². The Hall–Kier alpha value is -3.89. The Kier molecular flexibility index (Phi) is 12.5. The van der Waals surface area contributed by atoms with E-state index in [1.807, 2.05) is 20.4 Å². The van der Waals surface area contributed by atoms with Crippen LogP contribution >= 0.6 is 0 Å². The minimum Gasteiger partial charge on any atom is -0.466 e. The maximum atomic E-state index is 17.5. The van der Waals surface area contributed by atoms with E-state index in [1.54, 1.807) is 16.7 Å². The van der Waals surface area contributed by atoms with Crippen LogP contribution in [0.4, 0.5) is 38.0 Å². The summed E-state index contributed by atoms with van der Waals surface area (Å²) in [4.78, 5) is 34.2. The molecule has 9 nitrogen and oxygen atoms in total. The number of amides is 1. The van der Waals surface area contributed by atoms with E-state index in [2.05, 4.69) is 31.1 Å². The Morgan fingerprint density at radius 2 is 1.73 bits per heavy atom. The third-order valence-corrected chi connectivity index (χ3v) is 13.5. The molecule has 1 amide bonds. The third kappa shape index (κ3) is 9.56. The minimum atomic E-state index is -4.61. The molecular weight excluding hydrogens is 745 g/mol. The van der Waals surface area contributed by atoms with Gasteiger partial charge in [0.15, 0.2) is 0 Å². The first-order valence-electron chi connectivity index (χ1n) is 18.4. The van der Waals surface area contributed by atoms with E-state index in [4.69, 9.17) is 9.16 Å². The molecule has 16 heteroatoms. The summed E-state index contributed by atoms with van der Waals surface area (Å²) in [6, 6.07) is 6.23. The second kappa shape index (κ2) is 16.3. The van der Waals surface area contributed by atoms with E-state index in [0.717, 1.165) is 24.3 Å². The molecule has 1 N–H and O–H groups in total. The standard InChI is InChI=1S/C39H50F6N5O4Si/c1-8-53-33(51)25-13-16-48(17-14-25)32-19-27(39(43,44)45)10-9-26(32)21-49-18-15-46-35(49)47-34(52)38(42)23-50(37(5,6)24-54-55(7)36(2,3)4)22-30(38)29-12-11-28(40)20-31(29)41/h9-12,15,18-20,25,30H,8,13-14,16-17,21-24H2,1-7H3,(H,46,47,52)/t30-,38-/m0/s1. The molecule has 1 aromatic heterocycles. The van der Waals surface area contributed by atoms with Gasteiger partial charge in [-0.1, -0.05) is 32.9 Å². The third-order valence-electron chi connectivity index (χ3n) is 10.8. The highest BCUT2D eigenvalue weighted by molar-refractivity contribution is 6.53. The van der Waals surface area contributed by atoms with Gasteiger partial charge >= 0.3 is 12.1 Å². The zero-order valence-electron chi connectivity index (χ0n) is 32.3. The number of hydrogen-bond acceptors (Lipinski definition) is 7. The van der Waals surface area contributed by atoms with Crippen molar-refractivity contribution in [3.05, 3.63) is 77.1 Å². The van der Waals surface area contributed by atoms with Gasteiger partial charge in [-0.25, -0.2) is 18.2 Å². The number of benzene rings is 2. The molecule has 2 aliphatic heterocycles. The summed E-state index contributed by atoms with van der Waals surface area (Å²) >= 11 is 0. The highest BCUT2D eigenvalue weighted by Crippen LogP contribution is 2.44. The Morgan fingerprint density at radius 1 is 1.04 bits per heavy atom. The molecule has 2 atom stereocenters. The molecule has 2 aromatic carbocycles. The zero-order valence-corrected chi connectivity index (χ0v) is 33.3. The predicted octanol–water partition coefficient (Wildman–Crippen LogP) is 7.97. The number of anilines is 2. The number of hydrogen-bond donors (Lipinski definition) is 1. The van der Waals surface area contributed by atoms with Crippen LogP contribution in [0.2, 0.25) is 11.6 Å². The first-order chi connectivity index (χ1) is 25.6. The molecule has 301 valence electrons. The molecule has 5 rings (SSSR count). The van der Waals surface area contributed by atoms with Crippen LogP contribution in [-0.2, 0) is 31.5 Å². The lowest BCUT2D eigenvalue weighted by Crippen LogP contribution is -2.51. The van der Waals surface area contributed by atoms with Crippen molar-refractivity contribution < 1.29 is 45.1 Å². The number of aromatic nitrogens is 2. The van der Waals surface area contributed by atoms with E-state index >= 15 is 8.78 Å². The molecule has 3 aromatic rings. The number of nitrogens with one attached hydrogen (secondary N) is 1. The summed E-state index contributed by atoms with van der Waals surface area (Å²) in [6.07, 6.45) is -0.944. The van der Waals surface area contributed by atoms with Crippen LogP contribution in [0.3, 0.4) is 0 Å². The summed E-state index contributed by atoms with van der Waals surface area (Å²) in [6.45, 7) is 14.2. The normalized spacial score (nSPS) is 20.3. The molecule has 0 bridgehead atoms. The fourth-order valence-corrected chi connectivity index (χ4v) is 7.97. The highest BCUT2D eigenvalue weighted by atomic mass is 28.3. The highest BCUT2D eigenvalue weighted by Gasteiger charge is 2.57. The lowest BCUT2D eigenvalue weighted by molar-refractivity contribution is -0.148. The average molecular weight is 795 g/mol. The lowest BCUT2D eigenvalue weighted by atomic mass is 9.85. The SMILES string of the molecule is CCOC(=O)C1CCN(c2cc(C(F)(F)F)ccc2Cn2ccnc2NC(=O)[C@]2(F)CN(C(C)(C)CO[Si](C)C(C)(C)C)C[C@H]2c2ccc(F)cc2F)CC1. The fraction of sp³-hybridized carbons (Fsp3) is 0.564. The number of carbonyl (C=O) groups excluding carboxylic acids is 2. The molecule has 0 unspecified atom stereocenters. The molecular formula is C39H50F6N5O4Si. The summed E-state index contributed by atoms with van der Waals surface area (Å²) in [5.41, 5.74) is -3.71. The van der Waals surface area contributed by atoms with Gasteiger partial charge in [-0.05, 0) is 74.5 Å². The molecule has 2 aliphatic rings. The van der Waals surface area contributed by atoms with Crippen molar-refractivity contribution in [1.29, 1.82) is 0 Å². The number of nitrogens with zero attached hydrogens (tertiary/aromatic N) is 4. The molecule has 1 radical (unpaired) electrons. The molecule has 3 heterocycles. The first kappa shape index (κ1) is 42.3. The monoisotopic (exact) mass is 794 g/mol. The average Bonchev–Trinajstić information content (AvgIpc) is 3.71. The Labute approximate surface area is 320 Å². The van der Waals surface area contributed by atoms with Crippen LogP contribution < -0.4 is 10.2 Å². The minimum absolute atomic E-state index is 0.0402. The number of carbonyl (C=O) groups is 2. The van der Waals surface area contributed by atoms with E-state index in [1.165, 1.54) is 23.0 Å². The van der Waals surface area contributed by atoms with Gasteiger partial charge < -0.3 is 18.6 Å². The molecule has 0 spiro atoms. The molecule has 2 fully saturated rings. The number of piperidine rings is 1. The topological polar surface area (TPSA) is 88.9 Å². The number of ether oxygens (including phenoxy) is 1. The van der Waals surface area contributed by atoms with Crippen molar-refractivity contribution in [3.8, 4) is 0 Å². The fourth-order valence-electron chi connectivity index (χ4n) is 6.96. The zero-order chi connectivity index (χ0) is 40.5. The summed E-state index contributed by atoms with van der Waals surface area (Å²) in [5.74, 6) is -5.02. The molecule has 2 saturated heterocycles. The van der Waals surface area contributed by atoms with Crippen LogP contribution in [-0.4, -0.2) is 86.0 Å². The molecule has 0 aliphatic carbocycles. The second-order valence-corrected chi connectivity index (χ2v) is 19.0. The van der Waals surface area contributed by atoms with Crippen LogP contribution in [0.15, 0.2) is 48.8 Å². The van der Waals surface area contributed by atoms with Crippen molar-refractivity contribution in [3.63, 3.8) is 0 Å². The largest absolute Gasteiger partial charge is 0.466 e. The number of imidazole rings is 1. The second-order valence-electron chi connectivity index (χ2n) is 16.1. The summed E-state index contributed by atoms with van der Waals surface area (Å²) < 4.78 is 101. The molecule has 0 saturated carbocycles. The van der Waals surface area contributed by atoms with Gasteiger partial charge in [0.1, 0.15) is 11.6 Å². The number of alkyl halides is 4. The predicted molar refractivity (Wildman–Crippen MR) is 199 cm³/mol. The van der Waals surface area contributed by atoms with Gasteiger partial charge in [0.2, 0.25) is 20.7 Å². The lowest BCUT2D eigenvalue weighted by Gasteiger charge is -2.38. The summed E-state index contributed by atoms with van der Waals surface area (Å²) in [5, 5.41) is 2.50. The van der Waals surface area contributed by atoms with Crippen LogP contribution in [0.5, 0.6) is 0 Å². The number of likely N-dealkylation sites (tertiary alicyclic amines) is 1. The Bertz CT molecular complexity index is 1840. The van der Waals surface area contributed by atoms with E-state index in [-0.39, 0.29) is 54.7 Å². The van der Waals surface area contributed by atoms with Crippen LogP contribution in [0, 0.1) is 17.6 Å². The maximum Gasteiger partial charge on any atom is 0.416 e. The smallest absolute Gasteiger partial charge is 0.416 e. The van der Waals surface area contributed by atoms with Crippen molar-refractivity contribution in [2.45, 2.75) is 95.8 Å². The van der Waals surface area contributed by atoms with Crippen molar-refractivity contribution >= 4 is 32.6 Å². The van der Waals surface area contributed by atoms with Crippen molar-refractivity contribution in [2.24, 2.45) is 5.92 Å². The number of halogens is 6. The summed E-state index contributed by atoms with van der Waals surface area (Å²) in [7, 11) is -1.27. The van der Waals surface area contributed by atoms with Gasteiger partial charge in [-0.3, -0.25) is 19.8 Å². The van der Waals surface area contributed by atoms with Gasteiger partial charge in [0, 0.05) is 61.8 Å². The van der Waals surface area contributed by atoms with E-state index < -0.39 is 62.0 Å².